The summed E-state index contributed by atoms with van der Waals surface area (Å²) in [6.07, 6.45) is 1.37. The normalized spacial score (nSPS) is 10.6. The zero-order valence-corrected chi connectivity index (χ0v) is 22.2. The summed E-state index contributed by atoms with van der Waals surface area (Å²) in [5.41, 5.74) is 10.5. The number of nitrogen functional groups attached to an aromatic ring is 1. The van der Waals surface area contributed by atoms with Crippen LogP contribution in [0.2, 0.25) is 0 Å². The molecule has 0 aliphatic carbocycles. The predicted octanol–water partition coefficient (Wildman–Crippen LogP) is 5.04. The predicted molar refractivity (Wildman–Crippen MR) is 146 cm³/mol. The second-order valence-electron chi connectivity index (χ2n) is 8.55. The topological polar surface area (TPSA) is 159 Å². The number of esters is 1. The van der Waals surface area contributed by atoms with Crippen molar-refractivity contribution in [3.8, 4) is 34.7 Å². The molecule has 0 fully saturated rings. The number of aromatic nitrogens is 2. The van der Waals surface area contributed by atoms with Gasteiger partial charge in [-0.15, -0.1) is 0 Å². The van der Waals surface area contributed by atoms with E-state index in [1.54, 1.807) is 31.2 Å². The number of carbonyl (C=O) groups excluding carboxylic acids is 1. The largest absolute Gasteiger partial charge is 0.465 e. The van der Waals surface area contributed by atoms with Gasteiger partial charge in [-0.2, -0.15) is 10.5 Å². The number of pyridine rings is 1. The number of nitrogens with zero attached hydrogens (tertiary/aromatic N) is 4. The fraction of sp³-hybridized carbons (Fsp3) is 0.207. The van der Waals surface area contributed by atoms with Gasteiger partial charge in [-0.25, -0.2) is 14.8 Å². The van der Waals surface area contributed by atoms with E-state index in [9.17, 15) is 15.3 Å². The maximum atomic E-state index is 11.7. The minimum atomic E-state index is -0.429. The number of hydrogen-bond donors (Lipinski definition) is 2. The highest BCUT2D eigenvalue weighted by Gasteiger charge is 2.22. The molecule has 0 saturated carbocycles. The van der Waals surface area contributed by atoms with Crippen LogP contribution < -0.4 is 5.73 Å². The molecule has 39 heavy (non-hydrogen) atoms. The Labute approximate surface area is 229 Å². The van der Waals surface area contributed by atoms with Crippen LogP contribution >= 0.6 is 11.8 Å². The lowest BCUT2D eigenvalue weighted by Gasteiger charge is -2.13. The third-order valence-corrected chi connectivity index (χ3v) is 7.06. The van der Waals surface area contributed by atoms with Crippen molar-refractivity contribution >= 4 is 23.5 Å². The standard InChI is InChI=1S/C29H25N5O4S/c1-17-24(33-27(38-17)20-9-11-21(12-10-20)29(36)37-2)16-39-28-23(15-31)25(22(14-30)26(32)34-28)19-7-5-18(6-8-19)4-3-13-35/h5-12,35H,3-4,13,16H2,1-2H3,(H2,32,34). The Morgan fingerprint density at radius 1 is 1.05 bits per heavy atom. The molecule has 0 atom stereocenters. The van der Waals surface area contributed by atoms with Gasteiger partial charge in [-0.3, -0.25) is 0 Å². The third kappa shape index (κ3) is 5.93. The first-order chi connectivity index (χ1) is 18.9. The number of rotatable bonds is 9. The Balaban J connectivity index is 1.62. The number of methoxy groups -OCH3 is 1. The van der Waals surface area contributed by atoms with Crippen molar-refractivity contribution in [2.75, 3.05) is 19.5 Å². The molecule has 2 aromatic carbocycles. The quantitative estimate of drug-likeness (QED) is 0.218. The molecular formula is C29H25N5O4S. The summed E-state index contributed by atoms with van der Waals surface area (Å²) in [7, 11) is 1.32. The number of aliphatic hydroxyl groups is 1. The Kier molecular flexibility index (Phi) is 8.62. The van der Waals surface area contributed by atoms with Crippen LogP contribution in [0.4, 0.5) is 5.82 Å². The molecule has 0 unspecified atom stereocenters. The molecule has 0 amide bonds. The molecule has 10 heteroatoms. The van der Waals surface area contributed by atoms with Crippen molar-refractivity contribution in [2.45, 2.75) is 30.5 Å². The van der Waals surface area contributed by atoms with Gasteiger partial charge in [-0.1, -0.05) is 36.0 Å². The van der Waals surface area contributed by atoms with E-state index in [1.807, 2.05) is 24.3 Å². The van der Waals surface area contributed by atoms with E-state index in [1.165, 1.54) is 18.9 Å². The molecule has 0 radical (unpaired) electrons. The fourth-order valence-corrected chi connectivity index (χ4v) is 5.00. The van der Waals surface area contributed by atoms with Gasteiger partial charge >= 0.3 is 5.97 Å². The fourth-order valence-electron chi connectivity index (χ4n) is 4.00. The Bertz CT molecular complexity index is 1580. The first-order valence-corrected chi connectivity index (χ1v) is 13.0. The van der Waals surface area contributed by atoms with E-state index in [0.29, 0.717) is 56.8 Å². The lowest BCUT2D eigenvalue weighted by Crippen LogP contribution is -2.03. The monoisotopic (exact) mass is 539 g/mol. The number of thioether (sulfide) groups is 1. The van der Waals surface area contributed by atoms with Gasteiger partial charge in [0, 0.05) is 23.5 Å². The van der Waals surface area contributed by atoms with Gasteiger partial charge < -0.3 is 20.0 Å². The molecule has 0 aliphatic rings. The number of anilines is 1. The van der Waals surface area contributed by atoms with Gasteiger partial charge in [0.1, 0.15) is 34.3 Å². The number of carbonyl (C=O) groups is 1. The highest BCUT2D eigenvalue weighted by molar-refractivity contribution is 7.98. The minimum absolute atomic E-state index is 0.0432. The SMILES string of the molecule is COC(=O)c1ccc(-c2nc(CSc3nc(N)c(C#N)c(-c4ccc(CCCO)cc4)c3C#N)c(C)o2)cc1. The number of benzene rings is 2. The van der Waals surface area contributed by atoms with E-state index in [-0.39, 0.29) is 23.6 Å². The third-order valence-electron chi connectivity index (χ3n) is 6.07. The molecule has 3 N–H and O–H groups in total. The highest BCUT2D eigenvalue weighted by atomic mass is 32.2. The van der Waals surface area contributed by atoms with E-state index < -0.39 is 5.97 Å². The van der Waals surface area contributed by atoms with Crippen LogP contribution in [-0.4, -0.2) is 34.8 Å². The lowest BCUT2D eigenvalue weighted by molar-refractivity contribution is 0.0600. The second kappa shape index (κ2) is 12.3. The smallest absolute Gasteiger partial charge is 0.337 e. The van der Waals surface area contributed by atoms with Crippen molar-refractivity contribution in [3.05, 3.63) is 82.2 Å². The summed E-state index contributed by atoms with van der Waals surface area (Å²) in [5, 5.41) is 29.3. The van der Waals surface area contributed by atoms with Crippen molar-refractivity contribution < 1.29 is 19.1 Å². The molecule has 2 aromatic heterocycles. The average Bonchev–Trinajstić information content (AvgIpc) is 3.34. The van der Waals surface area contributed by atoms with Crippen LogP contribution in [0.3, 0.4) is 0 Å². The number of hydrogen-bond acceptors (Lipinski definition) is 10. The number of nitriles is 2. The Hall–Kier alpha value is -4.64. The van der Waals surface area contributed by atoms with Crippen molar-refractivity contribution in [1.82, 2.24) is 9.97 Å². The molecule has 4 rings (SSSR count). The maximum Gasteiger partial charge on any atom is 0.337 e. The number of aliphatic hydroxyl groups excluding tert-OH is 1. The number of oxazole rings is 1. The summed E-state index contributed by atoms with van der Waals surface area (Å²) < 4.78 is 10.6. The zero-order valence-electron chi connectivity index (χ0n) is 21.4. The summed E-state index contributed by atoms with van der Waals surface area (Å²) in [4.78, 5) is 20.7. The molecule has 0 bridgehead atoms. The van der Waals surface area contributed by atoms with Gasteiger partial charge in [0.05, 0.1) is 23.9 Å². The van der Waals surface area contributed by atoms with Gasteiger partial charge in [0.25, 0.3) is 0 Å². The molecule has 196 valence electrons. The van der Waals surface area contributed by atoms with E-state index in [2.05, 4.69) is 22.1 Å². The van der Waals surface area contributed by atoms with E-state index in [0.717, 1.165) is 12.0 Å². The molecule has 0 aliphatic heterocycles. The molecule has 0 spiro atoms. The molecule has 0 saturated heterocycles. The van der Waals surface area contributed by atoms with Gasteiger partial charge in [0.2, 0.25) is 5.89 Å². The van der Waals surface area contributed by atoms with Crippen molar-refractivity contribution in [1.29, 1.82) is 10.5 Å². The van der Waals surface area contributed by atoms with Crippen LogP contribution in [0.5, 0.6) is 0 Å². The van der Waals surface area contributed by atoms with Crippen LogP contribution in [-0.2, 0) is 16.9 Å². The summed E-state index contributed by atoms with van der Waals surface area (Å²) in [6.45, 7) is 1.90. The summed E-state index contributed by atoms with van der Waals surface area (Å²) in [5.74, 6) is 0.966. The van der Waals surface area contributed by atoms with Crippen LogP contribution in [0, 0.1) is 29.6 Å². The summed E-state index contributed by atoms with van der Waals surface area (Å²) in [6, 6.07) is 18.5. The van der Waals surface area contributed by atoms with Gasteiger partial charge in [0.15, 0.2) is 0 Å². The van der Waals surface area contributed by atoms with Crippen molar-refractivity contribution in [3.63, 3.8) is 0 Å². The highest BCUT2D eigenvalue weighted by Crippen LogP contribution is 2.37. The number of aryl methyl sites for hydroxylation is 2. The molecule has 2 heterocycles. The maximum absolute atomic E-state index is 11.7. The molecule has 4 aromatic rings. The Morgan fingerprint density at radius 3 is 2.33 bits per heavy atom. The van der Waals surface area contributed by atoms with Crippen LogP contribution in [0.15, 0.2) is 58.0 Å². The first kappa shape index (κ1) is 27.4. The minimum Gasteiger partial charge on any atom is -0.465 e. The Morgan fingerprint density at radius 2 is 1.72 bits per heavy atom. The number of nitrogens with two attached hydrogens (primary N) is 1. The first-order valence-electron chi connectivity index (χ1n) is 12.0. The number of ether oxygens (including phenoxy) is 1. The zero-order chi connectivity index (χ0) is 27.9. The lowest BCUT2D eigenvalue weighted by atomic mass is 9.95. The second-order valence-corrected chi connectivity index (χ2v) is 9.52. The molecular weight excluding hydrogens is 514 g/mol. The summed E-state index contributed by atoms with van der Waals surface area (Å²) >= 11 is 1.28. The van der Waals surface area contributed by atoms with Crippen molar-refractivity contribution in [2.24, 2.45) is 0 Å². The molecule has 9 nitrogen and oxygen atoms in total. The van der Waals surface area contributed by atoms with E-state index >= 15 is 0 Å². The average molecular weight is 540 g/mol. The van der Waals surface area contributed by atoms with Crippen LogP contribution in [0.1, 0.15) is 44.9 Å². The van der Waals surface area contributed by atoms with Crippen LogP contribution in [0.25, 0.3) is 22.6 Å². The van der Waals surface area contributed by atoms with Gasteiger partial charge in [-0.05, 0) is 55.2 Å². The van der Waals surface area contributed by atoms with E-state index in [4.69, 9.17) is 20.0 Å².